The number of hydrogen-bond acceptors (Lipinski definition) is 8. The maximum absolute atomic E-state index is 13.4. The molecule has 2 aliphatic rings. The smallest absolute Gasteiger partial charge is 0.253 e. The first-order chi connectivity index (χ1) is 17.1. The van der Waals surface area contributed by atoms with Gasteiger partial charge in [-0.25, -0.2) is 4.68 Å². The Kier molecular flexibility index (Phi) is 5.46. The fourth-order valence-corrected chi connectivity index (χ4v) is 4.91. The van der Waals surface area contributed by atoms with Crippen LogP contribution in [0.2, 0.25) is 0 Å². The number of nitrogens with zero attached hydrogens (tertiary/aromatic N) is 6. The summed E-state index contributed by atoms with van der Waals surface area (Å²) < 4.78 is 12.7. The topological polar surface area (TPSA) is 101 Å². The molecular weight excluding hydrogens is 446 g/mol. The van der Waals surface area contributed by atoms with Crippen LogP contribution in [0.5, 0.6) is 11.5 Å². The quantitative estimate of drug-likeness (QED) is 0.469. The van der Waals surface area contributed by atoms with Crippen LogP contribution < -0.4 is 15.0 Å². The molecule has 0 radical (unpaired) electrons. The summed E-state index contributed by atoms with van der Waals surface area (Å²) in [7, 11) is 2.11. The molecule has 0 saturated carbocycles. The molecule has 180 valence electrons. The van der Waals surface area contributed by atoms with Crippen LogP contribution >= 0.6 is 0 Å². The molecule has 10 heteroatoms. The van der Waals surface area contributed by atoms with Crippen LogP contribution in [0.4, 0.5) is 0 Å². The summed E-state index contributed by atoms with van der Waals surface area (Å²) in [6.45, 7) is 6.11. The van der Waals surface area contributed by atoms with Crippen molar-refractivity contribution in [2.45, 2.75) is 19.5 Å². The van der Waals surface area contributed by atoms with Crippen molar-refractivity contribution in [3.63, 3.8) is 0 Å². The molecule has 6 rings (SSSR count). The van der Waals surface area contributed by atoms with Crippen LogP contribution in [0.1, 0.15) is 28.6 Å². The molecule has 2 aliphatic heterocycles. The van der Waals surface area contributed by atoms with Crippen molar-refractivity contribution in [2.75, 3.05) is 40.0 Å². The van der Waals surface area contributed by atoms with E-state index in [2.05, 4.69) is 37.4 Å². The van der Waals surface area contributed by atoms with Gasteiger partial charge < -0.3 is 19.4 Å². The lowest BCUT2D eigenvalue weighted by atomic mass is 10.0. The number of nitrogens with one attached hydrogen (secondary N) is 1. The molecule has 0 bridgehead atoms. The zero-order valence-corrected chi connectivity index (χ0v) is 19.8. The van der Waals surface area contributed by atoms with Gasteiger partial charge in [-0.05, 0) is 59.1 Å². The maximum atomic E-state index is 13.4. The monoisotopic (exact) mass is 473 g/mol. The van der Waals surface area contributed by atoms with Crippen molar-refractivity contribution in [1.82, 2.24) is 35.0 Å². The highest BCUT2D eigenvalue weighted by molar-refractivity contribution is 5.82. The number of aromatic amines is 1. The van der Waals surface area contributed by atoms with Crippen LogP contribution in [0.3, 0.4) is 0 Å². The van der Waals surface area contributed by atoms with E-state index in [9.17, 15) is 4.79 Å². The number of pyridine rings is 1. The van der Waals surface area contributed by atoms with Crippen molar-refractivity contribution in [3.05, 3.63) is 75.3 Å². The van der Waals surface area contributed by atoms with Gasteiger partial charge in [0.1, 0.15) is 6.04 Å². The van der Waals surface area contributed by atoms with Crippen LogP contribution in [0, 0.1) is 6.92 Å². The molecule has 0 amide bonds. The highest BCUT2D eigenvalue weighted by atomic mass is 16.7. The zero-order valence-electron chi connectivity index (χ0n) is 19.8. The number of piperazine rings is 1. The van der Waals surface area contributed by atoms with Crippen LogP contribution in [-0.2, 0) is 6.54 Å². The van der Waals surface area contributed by atoms with E-state index in [-0.39, 0.29) is 18.4 Å². The molecule has 1 atom stereocenters. The lowest BCUT2D eigenvalue weighted by Gasteiger charge is -2.37. The van der Waals surface area contributed by atoms with Gasteiger partial charge in [0.05, 0.1) is 12.1 Å². The third-order valence-electron chi connectivity index (χ3n) is 6.89. The molecular formula is C25H27N7O3. The summed E-state index contributed by atoms with van der Waals surface area (Å²) in [6, 6.07) is 13.5. The van der Waals surface area contributed by atoms with Crippen molar-refractivity contribution >= 4 is 10.9 Å². The molecule has 2 aromatic carbocycles. The van der Waals surface area contributed by atoms with Crippen molar-refractivity contribution in [1.29, 1.82) is 0 Å². The number of likely N-dealkylation sites (N-methyl/N-ethyl adjacent to an activating group) is 1. The number of para-hydroxylation sites is 1. The third-order valence-corrected chi connectivity index (χ3v) is 6.89. The molecule has 1 fully saturated rings. The highest BCUT2D eigenvalue weighted by Gasteiger charge is 2.32. The predicted octanol–water partition coefficient (Wildman–Crippen LogP) is 1.94. The number of aryl methyl sites for hydroxylation is 1. The number of hydrogen-bond donors (Lipinski definition) is 1. The molecule has 1 N–H and O–H groups in total. The van der Waals surface area contributed by atoms with E-state index >= 15 is 0 Å². The average Bonchev–Trinajstić information content (AvgIpc) is 3.51. The van der Waals surface area contributed by atoms with Gasteiger partial charge in [-0.3, -0.25) is 9.69 Å². The number of rotatable bonds is 5. The fourth-order valence-electron chi connectivity index (χ4n) is 4.91. The Morgan fingerprint density at radius 3 is 2.74 bits per heavy atom. The normalized spacial score (nSPS) is 17.2. The van der Waals surface area contributed by atoms with Crippen LogP contribution in [-0.4, -0.2) is 75.0 Å². The average molecular weight is 474 g/mol. The van der Waals surface area contributed by atoms with Crippen molar-refractivity contribution in [3.8, 4) is 11.5 Å². The van der Waals surface area contributed by atoms with E-state index in [0.717, 1.165) is 54.0 Å². The Morgan fingerprint density at radius 2 is 1.89 bits per heavy atom. The van der Waals surface area contributed by atoms with E-state index in [4.69, 9.17) is 9.47 Å². The van der Waals surface area contributed by atoms with E-state index in [1.54, 1.807) is 4.68 Å². The number of ether oxygens (including phenoxy) is 2. The maximum Gasteiger partial charge on any atom is 0.253 e. The van der Waals surface area contributed by atoms with Gasteiger partial charge >= 0.3 is 0 Å². The lowest BCUT2D eigenvalue weighted by molar-refractivity contribution is 0.121. The predicted molar refractivity (Wildman–Crippen MR) is 130 cm³/mol. The van der Waals surface area contributed by atoms with Gasteiger partial charge in [0.15, 0.2) is 17.3 Å². The number of aromatic nitrogens is 5. The van der Waals surface area contributed by atoms with Gasteiger partial charge in [-0.15, -0.1) is 5.10 Å². The third kappa shape index (κ3) is 4.04. The van der Waals surface area contributed by atoms with Crippen molar-refractivity contribution in [2.24, 2.45) is 0 Å². The first-order valence-electron chi connectivity index (χ1n) is 11.8. The van der Waals surface area contributed by atoms with Gasteiger partial charge in [0, 0.05) is 31.7 Å². The van der Waals surface area contributed by atoms with E-state index in [1.165, 1.54) is 0 Å². The second-order valence-corrected chi connectivity index (χ2v) is 9.22. The summed E-state index contributed by atoms with van der Waals surface area (Å²) in [6.07, 6.45) is 0. The minimum absolute atomic E-state index is 0.117. The Hall–Kier alpha value is -3.76. The molecule has 0 aliphatic carbocycles. The van der Waals surface area contributed by atoms with Gasteiger partial charge in [0.2, 0.25) is 6.79 Å². The summed E-state index contributed by atoms with van der Waals surface area (Å²) in [5.41, 5.74) is 3.42. The molecule has 2 aromatic heterocycles. The Morgan fingerprint density at radius 1 is 1.06 bits per heavy atom. The molecule has 10 nitrogen and oxygen atoms in total. The Balaban J connectivity index is 1.43. The van der Waals surface area contributed by atoms with Crippen LogP contribution in [0.15, 0.2) is 47.3 Å². The van der Waals surface area contributed by atoms with E-state index in [0.29, 0.717) is 23.7 Å². The van der Waals surface area contributed by atoms with E-state index in [1.807, 2.05) is 49.4 Å². The second-order valence-electron chi connectivity index (χ2n) is 9.22. The summed E-state index contributed by atoms with van der Waals surface area (Å²) >= 11 is 0. The number of tetrazole rings is 1. The highest BCUT2D eigenvalue weighted by Crippen LogP contribution is 2.33. The molecule has 1 saturated heterocycles. The van der Waals surface area contributed by atoms with Crippen molar-refractivity contribution < 1.29 is 9.47 Å². The SMILES string of the molecule is Cc1cccc2cc([C@@H](c3nnnn3Cc3ccc4c(c3)OCO4)N3CCN(C)CC3)c(=O)[nH]c12. The minimum Gasteiger partial charge on any atom is -0.454 e. The fraction of sp³-hybridized carbons (Fsp3) is 0.360. The van der Waals surface area contributed by atoms with Crippen LogP contribution in [0.25, 0.3) is 10.9 Å². The molecule has 0 unspecified atom stereocenters. The minimum atomic E-state index is -0.374. The first kappa shape index (κ1) is 21.8. The molecule has 0 spiro atoms. The largest absolute Gasteiger partial charge is 0.454 e. The second kappa shape index (κ2) is 8.79. The van der Waals surface area contributed by atoms with E-state index < -0.39 is 0 Å². The standard InChI is InChI=1S/C25H27N7O3/c1-16-4-3-5-18-13-19(25(33)26-22(16)18)23(31-10-8-30(2)9-11-31)24-27-28-29-32(24)14-17-6-7-20-21(12-17)35-15-34-20/h3-7,12-13,23H,8-11,14-15H2,1-2H3,(H,26,33)/t23-/m0/s1. The molecule has 4 aromatic rings. The summed E-state index contributed by atoms with van der Waals surface area (Å²) in [5.74, 6) is 2.10. The summed E-state index contributed by atoms with van der Waals surface area (Å²) in [5, 5.41) is 13.7. The Bertz CT molecular complexity index is 1440. The number of benzene rings is 2. The lowest BCUT2D eigenvalue weighted by Crippen LogP contribution is -2.47. The van der Waals surface area contributed by atoms with Gasteiger partial charge in [-0.2, -0.15) is 0 Å². The zero-order chi connectivity index (χ0) is 23.9. The Labute approximate surface area is 202 Å². The first-order valence-corrected chi connectivity index (χ1v) is 11.8. The number of fused-ring (bicyclic) bond motifs is 2. The summed E-state index contributed by atoms with van der Waals surface area (Å²) in [4.78, 5) is 21.1. The van der Waals surface area contributed by atoms with Gasteiger partial charge in [-0.1, -0.05) is 24.3 Å². The number of H-pyrrole nitrogens is 1. The molecule has 4 heterocycles. The molecule has 35 heavy (non-hydrogen) atoms. The van der Waals surface area contributed by atoms with Gasteiger partial charge in [0.25, 0.3) is 5.56 Å².